The van der Waals surface area contributed by atoms with Crippen molar-refractivity contribution in [2.24, 2.45) is 5.92 Å². The number of phenolic OH excluding ortho intramolecular Hbond substituents is 1. The first-order valence-corrected chi connectivity index (χ1v) is 8.74. The molecule has 2 N–H and O–H groups in total. The monoisotopic (exact) mass is 357 g/mol. The molecule has 130 valence electrons. The van der Waals surface area contributed by atoms with E-state index in [2.05, 4.69) is 15.3 Å². The fraction of sp³-hybridized carbons (Fsp3) is 0.278. The van der Waals surface area contributed by atoms with Crippen LogP contribution >= 0.6 is 11.3 Å². The van der Waals surface area contributed by atoms with Crippen molar-refractivity contribution in [3.63, 3.8) is 0 Å². The van der Waals surface area contributed by atoms with Crippen LogP contribution in [0, 0.1) is 12.8 Å². The molecule has 0 aliphatic rings. The van der Waals surface area contributed by atoms with Crippen LogP contribution in [0.5, 0.6) is 5.75 Å². The van der Waals surface area contributed by atoms with Gasteiger partial charge in [0.1, 0.15) is 27.6 Å². The summed E-state index contributed by atoms with van der Waals surface area (Å²) in [4.78, 5) is 22.2. The van der Waals surface area contributed by atoms with Crippen molar-refractivity contribution in [2.45, 2.75) is 20.8 Å². The Morgan fingerprint density at radius 3 is 2.68 bits per heavy atom. The molecule has 1 aromatic carbocycles. The maximum absolute atomic E-state index is 12.3. The van der Waals surface area contributed by atoms with Crippen molar-refractivity contribution in [1.82, 2.24) is 9.97 Å². The first kappa shape index (κ1) is 17.2. The Labute approximate surface area is 149 Å². The number of rotatable bonds is 5. The number of anilines is 2. The lowest BCUT2D eigenvalue weighted by molar-refractivity contribution is 0.0464. The van der Waals surface area contributed by atoms with Gasteiger partial charge in [-0.15, -0.1) is 11.3 Å². The van der Waals surface area contributed by atoms with Crippen LogP contribution in [-0.4, -0.2) is 27.7 Å². The molecule has 0 saturated carbocycles. The molecule has 2 heterocycles. The molecular weight excluding hydrogens is 338 g/mol. The largest absolute Gasteiger partial charge is 0.508 e. The number of aryl methyl sites for hydroxylation is 1. The Balaban J connectivity index is 1.95. The zero-order valence-electron chi connectivity index (χ0n) is 14.2. The highest BCUT2D eigenvalue weighted by Gasteiger charge is 2.20. The number of nitrogens with zero attached hydrogens (tertiary/aromatic N) is 2. The lowest BCUT2D eigenvalue weighted by Gasteiger charge is -2.08. The molecule has 0 atom stereocenters. The predicted molar refractivity (Wildman–Crippen MR) is 98.7 cm³/mol. The van der Waals surface area contributed by atoms with E-state index >= 15 is 0 Å². The lowest BCUT2D eigenvalue weighted by atomic mass is 10.2. The average Bonchev–Trinajstić information content (AvgIpc) is 2.93. The molecule has 0 radical (unpaired) electrons. The van der Waals surface area contributed by atoms with E-state index in [-0.39, 0.29) is 17.6 Å². The van der Waals surface area contributed by atoms with Gasteiger partial charge >= 0.3 is 5.97 Å². The van der Waals surface area contributed by atoms with Gasteiger partial charge in [-0.3, -0.25) is 0 Å². The molecule has 3 aromatic rings. The molecule has 0 bridgehead atoms. The minimum Gasteiger partial charge on any atom is -0.508 e. The number of hydrogen-bond acceptors (Lipinski definition) is 7. The maximum atomic E-state index is 12.3. The zero-order chi connectivity index (χ0) is 18.0. The van der Waals surface area contributed by atoms with Gasteiger partial charge in [0.05, 0.1) is 12.0 Å². The minimum absolute atomic E-state index is 0.195. The molecule has 7 heteroatoms. The summed E-state index contributed by atoms with van der Waals surface area (Å²) < 4.78 is 5.35. The van der Waals surface area contributed by atoms with Crippen molar-refractivity contribution in [3.05, 3.63) is 41.0 Å². The summed E-state index contributed by atoms with van der Waals surface area (Å²) in [7, 11) is 0. The number of carbonyl (C=O) groups excluding carboxylic acids is 1. The number of carbonyl (C=O) groups is 1. The van der Waals surface area contributed by atoms with E-state index in [1.54, 1.807) is 24.3 Å². The Morgan fingerprint density at radius 2 is 2.00 bits per heavy atom. The Kier molecular flexibility index (Phi) is 4.85. The molecule has 0 aliphatic heterocycles. The highest BCUT2D eigenvalue weighted by atomic mass is 32.1. The summed E-state index contributed by atoms with van der Waals surface area (Å²) in [5, 5.41) is 13.4. The second kappa shape index (κ2) is 7.06. The summed E-state index contributed by atoms with van der Waals surface area (Å²) in [6.45, 7) is 6.25. The number of fused-ring (bicyclic) bond motifs is 1. The molecule has 0 spiro atoms. The molecule has 0 amide bonds. The number of aromatic nitrogens is 2. The summed E-state index contributed by atoms with van der Waals surface area (Å²) in [6, 6.07) is 6.69. The fourth-order valence-corrected chi connectivity index (χ4v) is 3.39. The summed E-state index contributed by atoms with van der Waals surface area (Å²) in [6.07, 6.45) is 1.46. The highest BCUT2D eigenvalue weighted by molar-refractivity contribution is 7.20. The third-order valence-corrected chi connectivity index (χ3v) is 4.77. The fourth-order valence-electron chi connectivity index (χ4n) is 2.35. The molecule has 6 nitrogen and oxygen atoms in total. The number of ether oxygens (including phenoxy) is 1. The van der Waals surface area contributed by atoms with Crippen LogP contribution in [0.25, 0.3) is 10.2 Å². The van der Waals surface area contributed by atoms with Crippen molar-refractivity contribution < 1.29 is 14.6 Å². The van der Waals surface area contributed by atoms with Gasteiger partial charge in [0, 0.05) is 5.69 Å². The first-order valence-electron chi connectivity index (χ1n) is 7.93. The van der Waals surface area contributed by atoms with Crippen LogP contribution in [0.1, 0.15) is 29.1 Å². The second-order valence-electron chi connectivity index (χ2n) is 6.12. The number of aromatic hydroxyl groups is 1. The smallest absolute Gasteiger partial charge is 0.348 e. The van der Waals surface area contributed by atoms with Crippen LogP contribution in [0.15, 0.2) is 30.6 Å². The topological polar surface area (TPSA) is 84.3 Å². The number of benzene rings is 1. The van der Waals surface area contributed by atoms with Crippen LogP contribution < -0.4 is 5.32 Å². The summed E-state index contributed by atoms with van der Waals surface area (Å²) in [5.41, 5.74) is 1.59. The second-order valence-corrected chi connectivity index (χ2v) is 7.12. The van der Waals surface area contributed by atoms with Crippen LogP contribution in [0.4, 0.5) is 11.5 Å². The Morgan fingerprint density at radius 1 is 1.28 bits per heavy atom. The van der Waals surface area contributed by atoms with E-state index in [1.807, 2.05) is 20.8 Å². The molecule has 2 aromatic heterocycles. The van der Waals surface area contributed by atoms with Gasteiger partial charge in [-0.1, -0.05) is 13.8 Å². The first-order chi connectivity index (χ1) is 12.0. The van der Waals surface area contributed by atoms with E-state index in [0.29, 0.717) is 17.3 Å². The molecule has 0 fully saturated rings. The highest BCUT2D eigenvalue weighted by Crippen LogP contribution is 2.35. The molecule has 0 saturated heterocycles. The number of hydrogen-bond donors (Lipinski definition) is 2. The maximum Gasteiger partial charge on any atom is 0.348 e. The Bertz CT molecular complexity index is 904. The van der Waals surface area contributed by atoms with Gasteiger partial charge in [-0.05, 0) is 42.7 Å². The van der Waals surface area contributed by atoms with Crippen LogP contribution in [0.2, 0.25) is 0 Å². The quantitative estimate of drug-likeness (QED) is 0.524. The van der Waals surface area contributed by atoms with E-state index in [9.17, 15) is 9.90 Å². The molecule has 25 heavy (non-hydrogen) atoms. The van der Waals surface area contributed by atoms with Gasteiger partial charge in [-0.2, -0.15) is 0 Å². The number of phenols is 1. The zero-order valence-corrected chi connectivity index (χ0v) is 15.1. The van der Waals surface area contributed by atoms with E-state index in [1.165, 1.54) is 17.7 Å². The Hall–Kier alpha value is -2.67. The lowest BCUT2D eigenvalue weighted by Crippen LogP contribution is -2.09. The standard InChI is InChI=1S/C18H19N3O3S/c1-10(2)8-24-18(23)15-11(3)14-16(19-9-20-17(14)25-15)21-12-4-6-13(22)7-5-12/h4-7,9-10,22H,8H2,1-3H3,(H,19,20,21). The molecule has 0 aliphatic carbocycles. The van der Waals surface area contributed by atoms with Crippen molar-refractivity contribution in [2.75, 3.05) is 11.9 Å². The molecule has 0 unspecified atom stereocenters. The average molecular weight is 357 g/mol. The van der Waals surface area contributed by atoms with Gasteiger partial charge in [0.25, 0.3) is 0 Å². The van der Waals surface area contributed by atoms with Gasteiger partial charge in [0.2, 0.25) is 0 Å². The summed E-state index contributed by atoms with van der Waals surface area (Å²) >= 11 is 1.31. The molecule has 3 rings (SSSR count). The third-order valence-electron chi connectivity index (χ3n) is 3.59. The van der Waals surface area contributed by atoms with Gasteiger partial charge in [-0.25, -0.2) is 14.8 Å². The minimum atomic E-state index is -0.329. The molecular formula is C18H19N3O3S. The van der Waals surface area contributed by atoms with Crippen LogP contribution in [0.3, 0.4) is 0 Å². The SMILES string of the molecule is Cc1c(C(=O)OCC(C)C)sc2ncnc(Nc3ccc(O)cc3)c12. The van der Waals surface area contributed by atoms with Crippen LogP contribution in [-0.2, 0) is 4.74 Å². The van der Waals surface area contributed by atoms with Gasteiger partial charge in [0.15, 0.2) is 0 Å². The van der Waals surface area contributed by atoms with Crippen molar-refractivity contribution >= 4 is 39.0 Å². The number of nitrogens with one attached hydrogen (secondary N) is 1. The summed E-state index contributed by atoms with van der Waals surface area (Å²) in [5.74, 6) is 0.766. The van der Waals surface area contributed by atoms with Gasteiger partial charge < -0.3 is 15.2 Å². The number of thiophene rings is 1. The number of esters is 1. The van der Waals surface area contributed by atoms with E-state index in [4.69, 9.17) is 4.74 Å². The third kappa shape index (κ3) is 3.71. The van der Waals surface area contributed by atoms with E-state index < -0.39 is 0 Å². The van der Waals surface area contributed by atoms with Crippen molar-refractivity contribution in [1.29, 1.82) is 0 Å². The van der Waals surface area contributed by atoms with Crippen molar-refractivity contribution in [3.8, 4) is 5.75 Å². The van der Waals surface area contributed by atoms with E-state index in [0.717, 1.165) is 21.5 Å². The predicted octanol–water partition coefficient (Wildman–Crippen LogP) is 4.26. The normalized spacial score (nSPS) is 11.0.